The van der Waals surface area contributed by atoms with Crippen LogP contribution >= 0.6 is 0 Å². The van der Waals surface area contributed by atoms with Gasteiger partial charge in [-0.15, -0.1) is 0 Å². The van der Waals surface area contributed by atoms with Gasteiger partial charge in [-0.1, -0.05) is 0 Å². The minimum absolute atomic E-state index is 0.0286. The lowest BCUT2D eigenvalue weighted by Gasteiger charge is -2.10. The number of carbonyl (C=O) groups is 1. The first-order valence-corrected chi connectivity index (χ1v) is 4.11. The molecule has 0 aromatic heterocycles. The van der Waals surface area contributed by atoms with E-state index in [1.807, 2.05) is 0 Å². The van der Waals surface area contributed by atoms with Gasteiger partial charge < -0.3 is 0 Å². The van der Waals surface area contributed by atoms with Gasteiger partial charge >= 0.3 is 0 Å². The molecular formula is C8H15N3O. The molecule has 1 aliphatic heterocycles. The zero-order valence-electron chi connectivity index (χ0n) is 7.77. The third kappa shape index (κ3) is 2.53. The van der Waals surface area contributed by atoms with Crippen molar-refractivity contribution < 1.29 is 4.79 Å². The molecular weight excluding hydrogens is 154 g/mol. The van der Waals surface area contributed by atoms with E-state index in [-0.39, 0.29) is 11.4 Å². The van der Waals surface area contributed by atoms with E-state index in [1.54, 1.807) is 0 Å². The average molecular weight is 169 g/mol. The Bertz CT molecular complexity index is 220. The molecule has 0 aromatic carbocycles. The topological polar surface area (TPSA) is 53.5 Å². The first-order valence-electron chi connectivity index (χ1n) is 4.11. The number of hydrogen-bond donors (Lipinski definition) is 2. The molecule has 0 saturated heterocycles. The van der Waals surface area contributed by atoms with E-state index in [4.69, 9.17) is 0 Å². The summed E-state index contributed by atoms with van der Waals surface area (Å²) in [5, 5.41) is 0. The Morgan fingerprint density at radius 2 is 2.25 bits per heavy atom. The van der Waals surface area contributed by atoms with Gasteiger partial charge in [-0.3, -0.25) is 20.6 Å². The zero-order chi connectivity index (χ0) is 9.19. The standard InChI is InChI=1S/C8H15N3O/c1-6(12)10-11-7-4-5-8(2,3)9-7/h4-5H2,1-3H3,(H,9,11)(H,10,12). The van der Waals surface area contributed by atoms with Gasteiger partial charge in [0.2, 0.25) is 5.91 Å². The maximum Gasteiger partial charge on any atom is 0.235 e. The van der Waals surface area contributed by atoms with Crippen LogP contribution in [0.4, 0.5) is 0 Å². The molecule has 0 saturated carbocycles. The highest BCUT2D eigenvalue weighted by molar-refractivity contribution is 5.86. The second-order valence-corrected chi connectivity index (χ2v) is 3.68. The van der Waals surface area contributed by atoms with Crippen LogP contribution in [0, 0.1) is 0 Å². The van der Waals surface area contributed by atoms with Crippen LogP contribution in [0.2, 0.25) is 0 Å². The van der Waals surface area contributed by atoms with Gasteiger partial charge in [0.15, 0.2) is 0 Å². The monoisotopic (exact) mass is 169 g/mol. The highest BCUT2D eigenvalue weighted by Gasteiger charge is 2.24. The molecule has 0 aliphatic carbocycles. The van der Waals surface area contributed by atoms with Crippen LogP contribution in [0.1, 0.15) is 33.6 Å². The minimum Gasteiger partial charge on any atom is -0.286 e. The van der Waals surface area contributed by atoms with Gasteiger partial charge in [0, 0.05) is 13.3 Å². The van der Waals surface area contributed by atoms with E-state index >= 15 is 0 Å². The molecule has 2 N–H and O–H groups in total. The molecule has 1 amide bonds. The van der Waals surface area contributed by atoms with Gasteiger partial charge in [0.1, 0.15) is 5.84 Å². The number of hydrazine groups is 1. The van der Waals surface area contributed by atoms with E-state index < -0.39 is 0 Å². The largest absolute Gasteiger partial charge is 0.286 e. The van der Waals surface area contributed by atoms with Crippen molar-refractivity contribution in [1.29, 1.82) is 0 Å². The summed E-state index contributed by atoms with van der Waals surface area (Å²) in [5.74, 6) is 0.776. The van der Waals surface area contributed by atoms with Crippen molar-refractivity contribution in [1.82, 2.24) is 10.9 Å². The SMILES string of the molecule is CC(=O)NNC1=NC(C)(C)CC1. The molecule has 0 radical (unpaired) electrons. The summed E-state index contributed by atoms with van der Waals surface area (Å²) in [6.07, 6.45) is 1.95. The smallest absolute Gasteiger partial charge is 0.235 e. The lowest BCUT2D eigenvalue weighted by atomic mass is 10.0. The van der Waals surface area contributed by atoms with Crippen molar-refractivity contribution in [3.05, 3.63) is 0 Å². The number of nitrogens with one attached hydrogen (secondary N) is 2. The molecule has 1 heterocycles. The third-order valence-corrected chi connectivity index (χ3v) is 1.79. The Hall–Kier alpha value is -1.06. The molecule has 0 aromatic rings. The normalized spacial score (nSPS) is 20.1. The molecule has 1 rings (SSSR count). The van der Waals surface area contributed by atoms with Crippen LogP contribution in [0.25, 0.3) is 0 Å². The van der Waals surface area contributed by atoms with E-state index in [1.165, 1.54) is 6.92 Å². The summed E-state index contributed by atoms with van der Waals surface area (Å²) in [5.41, 5.74) is 5.32. The molecule has 12 heavy (non-hydrogen) atoms. The second-order valence-electron chi connectivity index (χ2n) is 3.68. The zero-order valence-corrected chi connectivity index (χ0v) is 7.77. The Morgan fingerprint density at radius 1 is 1.58 bits per heavy atom. The van der Waals surface area contributed by atoms with Crippen molar-refractivity contribution in [2.75, 3.05) is 0 Å². The fourth-order valence-corrected chi connectivity index (χ4v) is 1.15. The van der Waals surface area contributed by atoms with Crippen molar-refractivity contribution in [3.63, 3.8) is 0 Å². The van der Waals surface area contributed by atoms with Crippen LogP contribution in [0.3, 0.4) is 0 Å². The highest BCUT2D eigenvalue weighted by atomic mass is 16.2. The van der Waals surface area contributed by atoms with E-state index in [2.05, 4.69) is 29.7 Å². The number of amidine groups is 1. The summed E-state index contributed by atoms with van der Waals surface area (Å²) < 4.78 is 0. The average Bonchev–Trinajstić information content (AvgIpc) is 2.26. The first-order chi connectivity index (χ1) is 5.49. The van der Waals surface area contributed by atoms with Crippen LogP contribution in [0.5, 0.6) is 0 Å². The van der Waals surface area contributed by atoms with E-state index in [0.29, 0.717) is 0 Å². The maximum atomic E-state index is 10.5. The Balaban J connectivity index is 2.40. The quantitative estimate of drug-likeness (QED) is 0.522. The fourth-order valence-electron chi connectivity index (χ4n) is 1.15. The van der Waals surface area contributed by atoms with Gasteiger partial charge in [0.25, 0.3) is 0 Å². The minimum atomic E-state index is -0.0950. The summed E-state index contributed by atoms with van der Waals surface area (Å²) in [4.78, 5) is 14.9. The number of carbonyl (C=O) groups excluding carboxylic acids is 1. The summed E-state index contributed by atoms with van der Waals surface area (Å²) in [6, 6.07) is 0. The summed E-state index contributed by atoms with van der Waals surface area (Å²) >= 11 is 0. The van der Waals surface area contributed by atoms with Gasteiger partial charge in [0.05, 0.1) is 5.54 Å². The first kappa shape index (κ1) is 9.03. The lowest BCUT2D eigenvalue weighted by Crippen LogP contribution is -2.39. The van der Waals surface area contributed by atoms with Gasteiger partial charge in [-0.2, -0.15) is 0 Å². The fraction of sp³-hybridized carbons (Fsp3) is 0.750. The molecule has 0 bridgehead atoms. The number of aliphatic imine (C=N–C) groups is 1. The van der Waals surface area contributed by atoms with Crippen molar-refractivity contribution >= 4 is 11.7 Å². The Kier molecular flexibility index (Phi) is 2.35. The van der Waals surface area contributed by atoms with Crippen LogP contribution < -0.4 is 10.9 Å². The van der Waals surface area contributed by atoms with Crippen LogP contribution in [-0.4, -0.2) is 17.3 Å². The van der Waals surface area contributed by atoms with E-state index in [0.717, 1.165) is 18.7 Å². The van der Waals surface area contributed by atoms with Crippen molar-refractivity contribution in [3.8, 4) is 0 Å². The van der Waals surface area contributed by atoms with Crippen LogP contribution in [0.15, 0.2) is 4.99 Å². The Labute approximate surface area is 72.4 Å². The van der Waals surface area contributed by atoms with E-state index in [9.17, 15) is 4.79 Å². The Morgan fingerprint density at radius 3 is 2.67 bits per heavy atom. The molecule has 0 atom stereocenters. The molecule has 1 aliphatic rings. The van der Waals surface area contributed by atoms with Gasteiger partial charge in [-0.25, -0.2) is 0 Å². The van der Waals surface area contributed by atoms with Crippen molar-refractivity contribution in [2.24, 2.45) is 4.99 Å². The van der Waals surface area contributed by atoms with Crippen molar-refractivity contribution in [2.45, 2.75) is 39.2 Å². The summed E-state index contributed by atoms with van der Waals surface area (Å²) in [7, 11) is 0. The van der Waals surface area contributed by atoms with Gasteiger partial charge in [-0.05, 0) is 20.3 Å². The highest BCUT2D eigenvalue weighted by Crippen LogP contribution is 2.22. The molecule has 0 unspecified atom stereocenters. The maximum absolute atomic E-state index is 10.5. The molecule has 4 nitrogen and oxygen atoms in total. The number of amides is 1. The predicted molar refractivity (Wildman–Crippen MR) is 47.7 cm³/mol. The second kappa shape index (κ2) is 3.13. The molecule has 4 heteroatoms. The lowest BCUT2D eigenvalue weighted by molar-refractivity contribution is -0.119. The number of hydrogen-bond acceptors (Lipinski definition) is 3. The van der Waals surface area contributed by atoms with Crippen LogP contribution in [-0.2, 0) is 4.79 Å². The molecule has 0 spiro atoms. The molecule has 68 valence electrons. The summed E-state index contributed by atoms with van der Waals surface area (Å²) in [6.45, 7) is 5.62. The third-order valence-electron chi connectivity index (χ3n) is 1.79. The number of rotatable bonds is 0. The number of nitrogens with zero attached hydrogens (tertiary/aromatic N) is 1. The molecule has 0 fully saturated rings. The predicted octanol–water partition coefficient (Wildman–Crippen LogP) is 0.598.